The van der Waals surface area contributed by atoms with Crippen LogP contribution in [0.15, 0.2) is 24.4 Å². The van der Waals surface area contributed by atoms with E-state index in [1.54, 1.807) is 11.8 Å². The second-order valence-corrected chi connectivity index (χ2v) is 10.1. The number of ether oxygens (including phenoxy) is 1. The van der Waals surface area contributed by atoms with E-state index in [1.807, 2.05) is 0 Å². The third kappa shape index (κ3) is 5.24. The molecule has 0 bridgehead atoms. The molecule has 0 radical (unpaired) electrons. The summed E-state index contributed by atoms with van der Waals surface area (Å²) in [7, 11) is 1.33. The summed E-state index contributed by atoms with van der Waals surface area (Å²) in [6.45, 7) is 3.76. The molecular formula is C26H24Cl2F3N3O4. The first-order chi connectivity index (χ1) is 17.8. The first kappa shape index (κ1) is 27.9. The van der Waals surface area contributed by atoms with Gasteiger partial charge in [-0.2, -0.15) is 13.2 Å². The van der Waals surface area contributed by atoms with Crippen molar-refractivity contribution in [1.82, 2.24) is 14.5 Å². The highest BCUT2D eigenvalue weighted by Gasteiger charge is 2.34. The number of nitrogens with zero attached hydrogens (tertiary/aromatic N) is 3. The number of halogens is 5. The average Bonchev–Trinajstić information content (AvgIpc) is 3.20. The number of likely N-dealkylation sites (tertiary alicyclic amines) is 1. The minimum absolute atomic E-state index is 0.00516. The van der Waals surface area contributed by atoms with Gasteiger partial charge in [0.1, 0.15) is 5.69 Å². The fourth-order valence-corrected chi connectivity index (χ4v) is 5.38. The molecule has 4 rings (SSSR count). The molecule has 1 fully saturated rings. The minimum atomic E-state index is -4.65. The van der Waals surface area contributed by atoms with Crippen molar-refractivity contribution in [2.45, 2.75) is 39.3 Å². The van der Waals surface area contributed by atoms with Crippen LogP contribution in [0.1, 0.15) is 56.9 Å². The molecule has 1 saturated heterocycles. The van der Waals surface area contributed by atoms with E-state index in [2.05, 4.69) is 4.98 Å². The van der Waals surface area contributed by atoms with Crippen LogP contribution in [0.2, 0.25) is 10.0 Å². The molecule has 0 aliphatic carbocycles. The number of carbonyl (C=O) groups is 3. The Kier molecular flexibility index (Phi) is 7.76. The van der Waals surface area contributed by atoms with Crippen molar-refractivity contribution < 1.29 is 32.3 Å². The van der Waals surface area contributed by atoms with E-state index in [1.165, 1.54) is 32.4 Å². The zero-order chi connectivity index (χ0) is 27.9. The molecule has 2 aromatic heterocycles. The number of esters is 1. The molecule has 1 aliphatic heterocycles. The first-order valence-corrected chi connectivity index (χ1v) is 12.5. The summed E-state index contributed by atoms with van der Waals surface area (Å²) in [5.74, 6) is -1.29. The number of hydrogen-bond donors (Lipinski definition) is 0. The number of hydrogen-bond acceptors (Lipinski definition) is 5. The standard InChI is InChI=1S/C26H24Cl2F3N3O4/c1-13-12-34(23-14(2)32-19(11-17(13)23)26(29,30)31)25(37)21-18(27)5-4-16(22(21)28)24(36)33-8-6-15(7-9-33)10-20(35)38-3/h4-5,11-12,15H,6-10H2,1-3H3. The Morgan fingerprint density at radius 3 is 2.37 bits per heavy atom. The Morgan fingerprint density at radius 2 is 1.76 bits per heavy atom. The van der Waals surface area contributed by atoms with Crippen molar-refractivity contribution in [1.29, 1.82) is 0 Å². The van der Waals surface area contributed by atoms with Gasteiger partial charge in [0, 0.05) is 31.1 Å². The molecule has 38 heavy (non-hydrogen) atoms. The minimum Gasteiger partial charge on any atom is -0.469 e. The van der Waals surface area contributed by atoms with Crippen LogP contribution in [-0.2, 0) is 15.7 Å². The fourth-order valence-electron chi connectivity index (χ4n) is 4.77. The van der Waals surface area contributed by atoms with Gasteiger partial charge in [-0.25, -0.2) is 4.98 Å². The van der Waals surface area contributed by atoms with E-state index in [4.69, 9.17) is 27.9 Å². The third-order valence-electron chi connectivity index (χ3n) is 6.78. The molecule has 7 nitrogen and oxygen atoms in total. The molecule has 12 heteroatoms. The van der Waals surface area contributed by atoms with Crippen LogP contribution in [0.5, 0.6) is 0 Å². The number of methoxy groups -OCH3 is 1. The lowest BCUT2D eigenvalue weighted by molar-refractivity contribution is -0.142. The maximum Gasteiger partial charge on any atom is 0.433 e. The lowest BCUT2D eigenvalue weighted by Gasteiger charge is -2.32. The first-order valence-electron chi connectivity index (χ1n) is 11.8. The van der Waals surface area contributed by atoms with Crippen LogP contribution in [0.3, 0.4) is 0 Å². The largest absolute Gasteiger partial charge is 0.469 e. The average molecular weight is 570 g/mol. The van der Waals surface area contributed by atoms with E-state index in [0.717, 1.165) is 10.6 Å². The third-order valence-corrected chi connectivity index (χ3v) is 7.49. The van der Waals surface area contributed by atoms with Gasteiger partial charge in [0.2, 0.25) is 0 Å². The van der Waals surface area contributed by atoms with Gasteiger partial charge in [0.25, 0.3) is 11.8 Å². The van der Waals surface area contributed by atoms with Crippen molar-refractivity contribution in [2.75, 3.05) is 20.2 Å². The zero-order valence-electron chi connectivity index (χ0n) is 20.8. The molecule has 0 N–H and O–H groups in total. The predicted octanol–water partition coefficient (Wildman–Crippen LogP) is 6.08. The summed E-state index contributed by atoms with van der Waals surface area (Å²) >= 11 is 12.9. The van der Waals surface area contributed by atoms with Crippen LogP contribution in [0.4, 0.5) is 13.2 Å². The molecule has 1 aromatic carbocycles. The number of aryl methyl sites for hydroxylation is 2. The monoisotopic (exact) mass is 569 g/mol. The lowest BCUT2D eigenvalue weighted by atomic mass is 9.93. The van der Waals surface area contributed by atoms with Gasteiger partial charge in [0.15, 0.2) is 0 Å². The van der Waals surface area contributed by atoms with Crippen molar-refractivity contribution in [3.8, 4) is 0 Å². The second-order valence-electron chi connectivity index (χ2n) is 9.27. The highest BCUT2D eigenvalue weighted by Crippen LogP contribution is 2.35. The molecule has 3 heterocycles. The number of piperidine rings is 1. The Morgan fingerprint density at radius 1 is 1.11 bits per heavy atom. The number of rotatable bonds is 4. The van der Waals surface area contributed by atoms with Crippen molar-refractivity contribution in [3.05, 3.63) is 62.5 Å². The highest BCUT2D eigenvalue weighted by molar-refractivity contribution is 6.41. The molecule has 202 valence electrons. The van der Waals surface area contributed by atoms with E-state index >= 15 is 0 Å². The molecule has 0 spiro atoms. The van der Waals surface area contributed by atoms with Gasteiger partial charge in [-0.15, -0.1) is 0 Å². The quantitative estimate of drug-likeness (QED) is 0.355. The lowest BCUT2D eigenvalue weighted by Crippen LogP contribution is -2.39. The van der Waals surface area contributed by atoms with Gasteiger partial charge in [0.05, 0.1) is 39.5 Å². The van der Waals surface area contributed by atoms with E-state index in [-0.39, 0.29) is 56.1 Å². The summed E-state index contributed by atoms with van der Waals surface area (Å²) in [4.78, 5) is 43.8. The van der Waals surface area contributed by atoms with Crippen LogP contribution in [-0.4, -0.2) is 52.4 Å². The SMILES string of the molecule is COC(=O)CC1CCN(C(=O)c2ccc(Cl)c(C(=O)n3cc(C)c4cc(C(F)(F)F)nc(C)c43)c2Cl)CC1. The van der Waals surface area contributed by atoms with Gasteiger partial charge >= 0.3 is 12.1 Å². The fraction of sp³-hybridized carbons (Fsp3) is 0.385. The number of amides is 1. The van der Waals surface area contributed by atoms with Crippen LogP contribution >= 0.6 is 23.2 Å². The Labute approximate surface area is 226 Å². The molecule has 3 aromatic rings. The van der Waals surface area contributed by atoms with Gasteiger partial charge in [-0.3, -0.25) is 19.0 Å². The molecule has 0 unspecified atom stereocenters. The summed E-state index contributed by atoms with van der Waals surface area (Å²) in [6, 6.07) is 3.73. The van der Waals surface area contributed by atoms with E-state index < -0.39 is 23.7 Å². The normalized spacial score (nSPS) is 14.7. The molecule has 0 saturated carbocycles. The molecular weight excluding hydrogens is 546 g/mol. The number of aromatic nitrogens is 2. The van der Waals surface area contributed by atoms with Crippen molar-refractivity contribution in [2.24, 2.45) is 5.92 Å². The number of alkyl halides is 3. The van der Waals surface area contributed by atoms with Crippen molar-refractivity contribution >= 4 is 51.9 Å². The van der Waals surface area contributed by atoms with Crippen molar-refractivity contribution in [3.63, 3.8) is 0 Å². The summed E-state index contributed by atoms with van der Waals surface area (Å²) in [5.41, 5.74) is -0.500. The van der Waals surface area contributed by atoms with Gasteiger partial charge in [-0.05, 0) is 56.4 Å². The predicted molar refractivity (Wildman–Crippen MR) is 136 cm³/mol. The van der Waals surface area contributed by atoms with E-state index in [0.29, 0.717) is 31.5 Å². The summed E-state index contributed by atoms with van der Waals surface area (Å²) in [6.07, 6.45) is -1.75. The van der Waals surface area contributed by atoms with Crippen LogP contribution < -0.4 is 0 Å². The highest BCUT2D eigenvalue weighted by atomic mass is 35.5. The second kappa shape index (κ2) is 10.6. The maximum absolute atomic E-state index is 13.6. The Balaban J connectivity index is 1.67. The summed E-state index contributed by atoms with van der Waals surface area (Å²) < 4.78 is 45.8. The zero-order valence-corrected chi connectivity index (χ0v) is 22.3. The van der Waals surface area contributed by atoms with E-state index in [9.17, 15) is 27.6 Å². The smallest absolute Gasteiger partial charge is 0.433 e. The molecule has 0 atom stereocenters. The van der Waals surface area contributed by atoms with Gasteiger partial charge in [-0.1, -0.05) is 23.2 Å². The topological polar surface area (TPSA) is 81.5 Å². The number of pyridine rings is 1. The van der Waals surface area contributed by atoms with Crippen LogP contribution in [0.25, 0.3) is 10.9 Å². The summed E-state index contributed by atoms with van der Waals surface area (Å²) in [5, 5.41) is 0.0547. The van der Waals surface area contributed by atoms with Crippen LogP contribution in [0, 0.1) is 19.8 Å². The number of carbonyl (C=O) groups excluding carboxylic acids is 3. The molecule has 1 amide bonds. The Bertz CT molecular complexity index is 1440. The Hall–Kier alpha value is -3.11. The van der Waals surface area contributed by atoms with Gasteiger partial charge < -0.3 is 9.64 Å². The number of fused-ring (bicyclic) bond motifs is 1. The molecule has 1 aliphatic rings. The number of benzene rings is 1. The maximum atomic E-state index is 13.6.